The number of carboxylic acid groups (broad SMARTS) is 1. The van der Waals surface area contributed by atoms with Gasteiger partial charge in [-0.15, -0.1) is 0 Å². The van der Waals surface area contributed by atoms with Crippen molar-refractivity contribution >= 4 is 5.97 Å². The molecule has 0 fully saturated rings. The van der Waals surface area contributed by atoms with Crippen molar-refractivity contribution in [1.82, 2.24) is 4.90 Å². The summed E-state index contributed by atoms with van der Waals surface area (Å²) in [6, 6.07) is 0. The van der Waals surface area contributed by atoms with Crippen LogP contribution in [0.25, 0.3) is 0 Å². The van der Waals surface area contributed by atoms with Gasteiger partial charge in [0.05, 0.1) is 0 Å². The summed E-state index contributed by atoms with van der Waals surface area (Å²) in [4.78, 5) is 11.3. The molecular weight excluding hydrogens is 146 g/mol. The molecule has 4 heteroatoms. The second-order valence-electron chi connectivity index (χ2n) is 2.36. The molecule has 0 spiro atoms. The molecule has 4 nitrogen and oxygen atoms in total. The monoisotopic (exact) mass is 163 g/mol. The number of hydrogen-bond donors (Lipinski definition) is 2. The van der Waals surface area contributed by atoms with Crippen LogP contribution in [0.15, 0.2) is 0 Å². The molecule has 0 rings (SSSR count). The fourth-order valence-corrected chi connectivity index (χ4v) is 0.447. The normalized spacial score (nSPS) is 8.82. The van der Waals surface area contributed by atoms with Crippen molar-refractivity contribution in [3.8, 4) is 0 Å². The molecule has 0 aromatic heterocycles. The van der Waals surface area contributed by atoms with Gasteiger partial charge in [0.1, 0.15) is 6.61 Å². The molecule has 0 aliphatic rings. The van der Waals surface area contributed by atoms with Crippen LogP contribution in [0.4, 0.5) is 0 Å². The maximum absolute atomic E-state index is 9.12. The SMILES string of the molecule is CCCN(C)C.O=C(O)CO. The third kappa shape index (κ3) is 26.6. The quantitative estimate of drug-likeness (QED) is 0.616. The van der Waals surface area contributed by atoms with Gasteiger partial charge in [0.25, 0.3) is 0 Å². The Hall–Kier alpha value is -0.610. The highest BCUT2D eigenvalue weighted by Crippen LogP contribution is 1.76. The molecule has 0 aliphatic heterocycles. The molecule has 0 saturated heterocycles. The van der Waals surface area contributed by atoms with Gasteiger partial charge in [0.2, 0.25) is 0 Å². The van der Waals surface area contributed by atoms with Crippen LogP contribution in [0.2, 0.25) is 0 Å². The van der Waals surface area contributed by atoms with E-state index in [1.54, 1.807) is 0 Å². The van der Waals surface area contributed by atoms with Gasteiger partial charge in [0, 0.05) is 0 Å². The van der Waals surface area contributed by atoms with Crippen molar-refractivity contribution in [2.75, 3.05) is 27.2 Å². The summed E-state index contributed by atoms with van der Waals surface area (Å²) in [6.07, 6.45) is 1.26. The molecule has 0 saturated carbocycles. The lowest BCUT2D eigenvalue weighted by molar-refractivity contribution is -0.140. The first-order valence-electron chi connectivity index (χ1n) is 3.52. The lowest BCUT2D eigenvalue weighted by Crippen LogP contribution is -2.11. The van der Waals surface area contributed by atoms with Crippen molar-refractivity contribution in [2.24, 2.45) is 0 Å². The number of rotatable bonds is 3. The Morgan fingerprint density at radius 2 is 1.82 bits per heavy atom. The van der Waals surface area contributed by atoms with Crippen LogP contribution in [-0.4, -0.2) is 48.3 Å². The maximum atomic E-state index is 9.12. The molecule has 0 heterocycles. The van der Waals surface area contributed by atoms with Crippen LogP contribution in [0.5, 0.6) is 0 Å². The van der Waals surface area contributed by atoms with E-state index in [1.807, 2.05) is 0 Å². The number of hydrogen-bond acceptors (Lipinski definition) is 3. The van der Waals surface area contributed by atoms with Gasteiger partial charge in [-0.2, -0.15) is 0 Å². The number of carbonyl (C=O) groups is 1. The Balaban J connectivity index is 0. The number of carboxylic acids is 1. The van der Waals surface area contributed by atoms with E-state index in [0.717, 1.165) is 0 Å². The molecule has 0 unspecified atom stereocenters. The minimum atomic E-state index is -1.19. The number of aliphatic hydroxyl groups excluding tert-OH is 1. The van der Waals surface area contributed by atoms with Crippen molar-refractivity contribution in [3.05, 3.63) is 0 Å². The fraction of sp³-hybridized carbons (Fsp3) is 0.857. The molecule has 68 valence electrons. The molecule has 11 heavy (non-hydrogen) atoms. The second kappa shape index (κ2) is 9.39. The highest BCUT2D eigenvalue weighted by Gasteiger charge is 1.82. The summed E-state index contributed by atoms with van der Waals surface area (Å²) < 4.78 is 0. The largest absolute Gasteiger partial charge is 0.480 e. The molecule has 0 atom stereocenters. The molecule has 0 aromatic rings. The topological polar surface area (TPSA) is 60.8 Å². The molecule has 0 radical (unpaired) electrons. The van der Waals surface area contributed by atoms with E-state index in [9.17, 15) is 0 Å². The van der Waals surface area contributed by atoms with Crippen molar-refractivity contribution in [3.63, 3.8) is 0 Å². The van der Waals surface area contributed by atoms with Gasteiger partial charge in [-0.05, 0) is 27.1 Å². The van der Waals surface area contributed by atoms with Gasteiger partial charge in [0.15, 0.2) is 0 Å². The van der Waals surface area contributed by atoms with E-state index in [4.69, 9.17) is 15.0 Å². The Bertz CT molecular complexity index is 93.7. The zero-order valence-corrected chi connectivity index (χ0v) is 7.37. The highest BCUT2D eigenvalue weighted by molar-refractivity contribution is 5.67. The van der Waals surface area contributed by atoms with Crippen LogP contribution in [0.1, 0.15) is 13.3 Å². The Morgan fingerprint density at radius 1 is 1.45 bits per heavy atom. The molecule has 0 amide bonds. The average molecular weight is 163 g/mol. The van der Waals surface area contributed by atoms with E-state index >= 15 is 0 Å². The average Bonchev–Trinajstić information content (AvgIpc) is 1.89. The van der Waals surface area contributed by atoms with Crippen LogP contribution in [-0.2, 0) is 4.79 Å². The van der Waals surface area contributed by atoms with Gasteiger partial charge < -0.3 is 15.1 Å². The summed E-state index contributed by atoms with van der Waals surface area (Å²) in [5.41, 5.74) is 0. The lowest BCUT2D eigenvalue weighted by atomic mass is 10.5. The molecule has 0 aliphatic carbocycles. The molecule has 0 aromatic carbocycles. The van der Waals surface area contributed by atoms with Gasteiger partial charge in [-0.3, -0.25) is 0 Å². The Labute approximate surface area is 67.4 Å². The zero-order valence-electron chi connectivity index (χ0n) is 7.37. The van der Waals surface area contributed by atoms with Crippen LogP contribution in [0.3, 0.4) is 0 Å². The Morgan fingerprint density at radius 3 is 1.82 bits per heavy atom. The fourth-order valence-electron chi connectivity index (χ4n) is 0.447. The van der Waals surface area contributed by atoms with Crippen LogP contribution >= 0.6 is 0 Å². The first-order chi connectivity index (χ1) is 5.04. The van der Waals surface area contributed by atoms with E-state index < -0.39 is 12.6 Å². The van der Waals surface area contributed by atoms with Crippen LogP contribution in [0, 0.1) is 0 Å². The number of aliphatic hydroxyl groups is 1. The minimum Gasteiger partial charge on any atom is -0.480 e. The summed E-state index contributed by atoms with van der Waals surface area (Å²) in [5, 5.41) is 15.0. The predicted molar refractivity (Wildman–Crippen MR) is 43.6 cm³/mol. The minimum absolute atomic E-state index is 0.778. The maximum Gasteiger partial charge on any atom is 0.329 e. The summed E-state index contributed by atoms with van der Waals surface area (Å²) in [5.74, 6) is -1.19. The predicted octanol–water partition coefficient (Wildman–Crippen LogP) is 0.0213. The third-order valence-electron chi connectivity index (χ3n) is 0.806. The second-order valence-corrected chi connectivity index (χ2v) is 2.36. The molecular formula is C7H17NO3. The third-order valence-corrected chi connectivity index (χ3v) is 0.806. The van der Waals surface area contributed by atoms with E-state index in [-0.39, 0.29) is 0 Å². The first kappa shape index (κ1) is 13.0. The number of aliphatic carboxylic acids is 1. The summed E-state index contributed by atoms with van der Waals surface area (Å²) in [7, 11) is 4.17. The smallest absolute Gasteiger partial charge is 0.329 e. The number of nitrogens with zero attached hydrogens (tertiary/aromatic N) is 1. The van der Waals surface area contributed by atoms with E-state index in [0.29, 0.717) is 0 Å². The first-order valence-corrected chi connectivity index (χ1v) is 3.52. The van der Waals surface area contributed by atoms with Gasteiger partial charge in [-0.1, -0.05) is 6.92 Å². The van der Waals surface area contributed by atoms with E-state index in [2.05, 4.69) is 25.9 Å². The standard InChI is InChI=1S/C5H13N.C2H4O3/c1-4-5-6(2)3;3-1-2(4)5/h4-5H2,1-3H3;3H,1H2,(H,4,5). The van der Waals surface area contributed by atoms with Gasteiger partial charge >= 0.3 is 5.97 Å². The van der Waals surface area contributed by atoms with Crippen LogP contribution < -0.4 is 0 Å². The highest BCUT2D eigenvalue weighted by atomic mass is 16.4. The Kier molecular flexibility index (Phi) is 11.1. The molecule has 0 bridgehead atoms. The molecule has 2 N–H and O–H groups in total. The van der Waals surface area contributed by atoms with Crippen molar-refractivity contribution < 1.29 is 15.0 Å². The lowest BCUT2D eigenvalue weighted by Gasteiger charge is -2.03. The summed E-state index contributed by atoms with van der Waals surface area (Å²) >= 11 is 0. The van der Waals surface area contributed by atoms with E-state index in [1.165, 1.54) is 13.0 Å². The summed E-state index contributed by atoms with van der Waals surface area (Å²) in [6.45, 7) is 2.61. The van der Waals surface area contributed by atoms with Gasteiger partial charge in [-0.25, -0.2) is 4.79 Å². The van der Waals surface area contributed by atoms with Crippen molar-refractivity contribution in [2.45, 2.75) is 13.3 Å². The van der Waals surface area contributed by atoms with Crippen molar-refractivity contribution in [1.29, 1.82) is 0 Å². The zero-order chi connectivity index (χ0) is 9.28.